The van der Waals surface area contributed by atoms with E-state index in [1.54, 1.807) is 0 Å². The summed E-state index contributed by atoms with van der Waals surface area (Å²) in [6.45, 7) is 4.79. The normalized spacial score (nSPS) is 20.8. The van der Waals surface area contributed by atoms with Crippen LogP contribution in [0, 0.1) is 6.92 Å². The van der Waals surface area contributed by atoms with Crippen LogP contribution in [0.5, 0.6) is 5.75 Å². The third kappa shape index (κ3) is 3.91. The van der Waals surface area contributed by atoms with Crippen LogP contribution in [0.4, 0.5) is 0 Å². The van der Waals surface area contributed by atoms with Crippen molar-refractivity contribution in [2.45, 2.75) is 31.8 Å². The van der Waals surface area contributed by atoms with E-state index in [4.69, 9.17) is 4.74 Å². The van der Waals surface area contributed by atoms with Gasteiger partial charge in [-0.15, -0.1) is 0 Å². The fourth-order valence-corrected chi connectivity index (χ4v) is 3.70. The fraction of sp³-hybridized carbons (Fsp3) is 0.409. The second kappa shape index (κ2) is 7.50. The van der Waals surface area contributed by atoms with E-state index in [1.807, 2.05) is 42.2 Å². The van der Waals surface area contributed by atoms with Crippen LogP contribution in [0.3, 0.4) is 0 Å². The molecule has 0 spiro atoms. The van der Waals surface area contributed by atoms with E-state index in [1.165, 1.54) is 24.0 Å². The van der Waals surface area contributed by atoms with Crippen molar-refractivity contribution in [3.63, 3.8) is 0 Å². The Morgan fingerprint density at radius 2 is 1.77 bits per heavy atom. The van der Waals surface area contributed by atoms with Gasteiger partial charge in [-0.05, 0) is 37.5 Å². The minimum atomic E-state index is 0.0647. The van der Waals surface area contributed by atoms with Crippen LogP contribution in [0.15, 0.2) is 54.6 Å². The molecule has 1 heterocycles. The highest BCUT2D eigenvalue weighted by Gasteiger charge is 2.37. The lowest BCUT2D eigenvalue weighted by atomic mass is 10.0. The Balaban J connectivity index is 1.45. The fourth-order valence-electron chi connectivity index (χ4n) is 3.70. The van der Waals surface area contributed by atoms with Crippen molar-refractivity contribution in [1.29, 1.82) is 0 Å². The molecule has 2 aliphatic rings. The van der Waals surface area contributed by atoms with Crippen LogP contribution in [-0.4, -0.2) is 48.0 Å². The van der Waals surface area contributed by atoms with Crippen molar-refractivity contribution in [3.8, 4) is 5.75 Å². The minimum Gasteiger partial charge on any atom is -0.484 e. The second-order valence-corrected chi connectivity index (χ2v) is 7.34. The molecule has 1 aliphatic carbocycles. The maximum Gasteiger partial charge on any atom is 0.261 e. The summed E-state index contributed by atoms with van der Waals surface area (Å²) in [5.41, 5.74) is 2.39. The van der Waals surface area contributed by atoms with E-state index in [0.717, 1.165) is 31.4 Å². The number of aryl methyl sites for hydroxylation is 1. The molecule has 4 heteroatoms. The Morgan fingerprint density at radius 1 is 1.04 bits per heavy atom. The zero-order chi connectivity index (χ0) is 17.9. The topological polar surface area (TPSA) is 32.8 Å². The molecule has 4 rings (SSSR count). The van der Waals surface area contributed by atoms with E-state index in [2.05, 4.69) is 29.2 Å². The van der Waals surface area contributed by atoms with Crippen LogP contribution >= 0.6 is 0 Å². The summed E-state index contributed by atoms with van der Waals surface area (Å²) in [5, 5.41) is 0. The SMILES string of the molecule is Cc1ccc(OCC(=O)N2CCN(C3CC3)CC2c2ccccc2)cc1. The third-order valence-corrected chi connectivity index (χ3v) is 5.36. The summed E-state index contributed by atoms with van der Waals surface area (Å²) >= 11 is 0. The van der Waals surface area contributed by atoms with Gasteiger partial charge in [-0.2, -0.15) is 0 Å². The van der Waals surface area contributed by atoms with Crippen molar-refractivity contribution < 1.29 is 9.53 Å². The largest absolute Gasteiger partial charge is 0.484 e. The summed E-state index contributed by atoms with van der Waals surface area (Å²) in [6, 6.07) is 19.1. The molecular weight excluding hydrogens is 324 g/mol. The number of amides is 1. The lowest BCUT2D eigenvalue weighted by Crippen LogP contribution is -2.52. The van der Waals surface area contributed by atoms with E-state index >= 15 is 0 Å². The van der Waals surface area contributed by atoms with Gasteiger partial charge >= 0.3 is 0 Å². The van der Waals surface area contributed by atoms with Crippen LogP contribution in [-0.2, 0) is 4.79 Å². The van der Waals surface area contributed by atoms with E-state index < -0.39 is 0 Å². The number of nitrogens with zero attached hydrogens (tertiary/aromatic N) is 2. The molecule has 2 fully saturated rings. The van der Waals surface area contributed by atoms with Gasteiger partial charge < -0.3 is 9.64 Å². The Kier molecular flexibility index (Phi) is 4.93. The number of hydrogen-bond donors (Lipinski definition) is 0. The van der Waals surface area contributed by atoms with Gasteiger partial charge in [0.1, 0.15) is 5.75 Å². The van der Waals surface area contributed by atoms with Gasteiger partial charge in [0.15, 0.2) is 6.61 Å². The third-order valence-electron chi connectivity index (χ3n) is 5.36. The van der Waals surface area contributed by atoms with Gasteiger partial charge in [0.2, 0.25) is 0 Å². The molecule has 0 bridgehead atoms. The van der Waals surface area contributed by atoms with Crippen molar-refractivity contribution in [2.24, 2.45) is 0 Å². The molecule has 26 heavy (non-hydrogen) atoms. The van der Waals surface area contributed by atoms with Gasteiger partial charge in [-0.1, -0.05) is 48.0 Å². The zero-order valence-corrected chi connectivity index (χ0v) is 15.3. The number of benzene rings is 2. The first kappa shape index (κ1) is 17.1. The minimum absolute atomic E-state index is 0.0647. The summed E-state index contributed by atoms with van der Waals surface area (Å²) in [5.74, 6) is 0.812. The summed E-state index contributed by atoms with van der Waals surface area (Å²) in [7, 11) is 0. The summed E-state index contributed by atoms with van der Waals surface area (Å²) in [4.78, 5) is 17.4. The number of hydrogen-bond acceptors (Lipinski definition) is 3. The van der Waals surface area contributed by atoms with Gasteiger partial charge in [-0.25, -0.2) is 0 Å². The maximum absolute atomic E-state index is 12.9. The Bertz CT molecular complexity index is 740. The highest BCUT2D eigenvalue weighted by molar-refractivity contribution is 5.78. The zero-order valence-electron chi connectivity index (χ0n) is 15.3. The predicted molar refractivity (Wildman–Crippen MR) is 102 cm³/mol. The molecule has 0 N–H and O–H groups in total. The molecule has 0 radical (unpaired) electrons. The average molecular weight is 350 g/mol. The van der Waals surface area contributed by atoms with E-state index in [0.29, 0.717) is 0 Å². The second-order valence-electron chi connectivity index (χ2n) is 7.34. The molecule has 2 aromatic carbocycles. The van der Waals surface area contributed by atoms with Gasteiger partial charge in [0.05, 0.1) is 6.04 Å². The average Bonchev–Trinajstić information content (AvgIpc) is 3.53. The molecule has 1 atom stereocenters. The summed E-state index contributed by atoms with van der Waals surface area (Å²) < 4.78 is 5.74. The van der Waals surface area contributed by atoms with Crippen molar-refractivity contribution in [1.82, 2.24) is 9.80 Å². The van der Waals surface area contributed by atoms with Crippen LogP contribution < -0.4 is 4.74 Å². The molecule has 2 aromatic rings. The standard InChI is InChI=1S/C22H26N2O2/c1-17-7-11-20(12-8-17)26-16-22(25)24-14-13-23(19-9-10-19)15-21(24)18-5-3-2-4-6-18/h2-8,11-12,19,21H,9-10,13-16H2,1H3. The number of carbonyl (C=O) groups is 1. The van der Waals surface area contributed by atoms with Crippen LogP contribution in [0.1, 0.15) is 30.0 Å². The predicted octanol–water partition coefficient (Wildman–Crippen LogP) is 3.42. The van der Waals surface area contributed by atoms with Crippen molar-refractivity contribution >= 4 is 5.91 Å². The quantitative estimate of drug-likeness (QED) is 0.828. The van der Waals surface area contributed by atoms with E-state index in [-0.39, 0.29) is 18.6 Å². The van der Waals surface area contributed by atoms with Gasteiger partial charge in [0, 0.05) is 25.7 Å². The number of rotatable bonds is 5. The Hall–Kier alpha value is -2.33. The molecule has 1 aliphatic heterocycles. The first-order valence-electron chi connectivity index (χ1n) is 9.48. The van der Waals surface area contributed by atoms with Crippen molar-refractivity contribution in [2.75, 3.05) is 26.2 Å². The van der Waals surface area contributed by atoms with Crippen molar-refractivity contribution in [3.05, 3.63) is 65.7 Å². The molecule has 1 saturated heterocycles. The van der Waals surface area contributed by atoms with Crippen LogP contribution in [0.25, 0.3) is 0 Å². The van der Waals surface area contributed by atoms with E-state index in [9.17, 15) is 4.79 Å². The molecule has 0 aromatic heterocycles. The van der Waals surface area contributed by atoms with Gasteiger partial charge in [0.25, 0.3) is 5.91 Å². The monoisotopic (exact) mass is 350 g/mol. The smallest absolute Gasteiger partial charge is 0.261 e. The molecule has 1 amide bonds. The Morgan fingerprint density at radius 3 is 2.46 bits per heavy atom. The maximum atomic E-state index is 12.9. The number of ether oxygens (including phenoxy) is 1. The first-order chi connectivity index (χ1) is 12.7. The highest BCUT2D eigenvalue weighted by Crippen LogP contribution is 2.33. The lowest BCUT2D eigenvalue weighted by Gasteiger charge is -2.42. The molecule has 136 valence electrons. The van der Waals surface area contributed by atoms with Gasteiger partial charge in [-0.3, -0.25) is 9.69 Å². The summed E-state index contributed by atoms with van der Waals surface area (Å²) in [6.07, 6.45) is 2.60. The molecule has 4 nitrogen and oxygen atoms in total. The highest BCUT2D eigenvalue weighted by atomic mass is 16.5. The number of piperazine rings is 1. The number of carbonyl (C=O) groups excluding carboxylic acids is 1. The van der Waals surface area contributed by atoms with Crippen LogP contribution in [0.2, 0.25) is 0 Å². The first-order valence-corrected chi connectivity index (χ1v) is 9.48. The Labute approximate surface area is 155 Å². The molecule has 1 unspecified atom stereocenters. The molecular formula is C22H26N2O2. The lowest BCUT2D eigenvalue weighted by molar-refractivity contribution is -0.138. The molecule has 1 saturated carbocycles.